The van der Waals surface area contributed by atoms with Crippen LogP contribution in [0.2, 0.25) is 18.1 Å². The van der Waals surface area contributed by atoms with E-state index in [9.17, 15) is 9.59 Å². The third kappa shape index (κ3) is 9.24. The molecule has 142 valence electrons. The number of carboxylic acids is 1. The summed E-state index contributed by atoms with van der Waals surface area (Å²) in [5.41, 5.74) is -0.689. The summed E-state index contributed by atoms with van der Waals surface area (Å²) in [6, 6.07) is -1.16. The molecule has 1 amide bonds. The van der Waals surface area contributed by atoms with Crippen LogP contribution in [0.1, 0.15) is 41.5 Å². The molecule has 0 saturated heterocycles. The Morgan fingerprint density at radius 1 is 1.08 bits per heavy atom. The molecule has 0 aliphatic heterocycles. The molecule has 0 radical (unpaired) electrons. The van der Waals surface area contributed by atoms with Crippen molar-refractivity contribution in [1.82, 2.24) is 5.32 Å². The fourth-order valence-electron chi connectivity index (χ4n) is 1.40. The van der Waals surface area contributed by atoms with Crippen LogP contribution in [0.4, 0.5) is 4.79 Å². The lowest BCUT2D eigenvalue weighted by atomic mass is 10.2. The van der Waals surface area contributed by atoms with E-state index < -0.39 is 32.0 Å². The summed E-state index contributed by atoms with van der Waals surface area (Å²) in [6.45, 7) is 16.3. The van der Waals surface area contributed by atoms with Gasteiger partial charge in [-0.15, -0.1) is 0 Å². The van der Waals surface area contributed by atoms with Gasteiger partial charge in [0.15, 0.2) is 14.4 Å². The number of nitrogens with one attached hydrogen (secondary N) is 1. The number of carbonyl (C=O) groups is 2. The van der Waals surface area contributed by atoms with Crippen LogP contribution in [0.15, 0.2) is 0 Å². The number of amides is 1. The van der Waals surface area contributed by atoms with Gasteiger partial charge >= 0.3 is 12.1 Å². The maximum absolute atomic E-state index is 11.6. The van der Waals surface area contributed by atoms with E-state index in [4.69, 9.17) is 19.0 Å². The second-order valence-electron chi connectivity index (χ2n) is 8.22. The highest BCUT2D eigenvalue weighted by molar-refractivity contribution is 6.74. The van der Waals surface area contributed by atoms with Crippen LogP contribution in [-0.4, -0.2) is 57.0 Å². The lowest BCUT2D eigenvalue weighted by Gasteiger charge is -2.36. The van der Waals surface area contributed by atoms with Gasteiger partial charge in [0.1, 0.15) is 5.60 Å². The number of rotatable bonds is 8. The Morgan fingerprint density at radius 2 is 1.62 bits per heavy atom. The summed E-state index contributed by atoms with van der Waals surface area (Å²) in [4.78, 5) is 22.8. The van der Waals surface area contributed by atoms with Crippen molar-refractivity contribution >= 4 is 20.4 Å². The predicted octanol–water partition coefficient (Wildman–Crippen LogP) is 3.00. The van der Waals surface area contributed by atoms with E-state index in [1.807, 2.05) is 0 Å². The standard InChI is InChI=1S/C16H33NO6Si/c1-15(2,3)23-14(20)17-12(13(18)19)11-21-9-10-22-24(7,8)16(4,5)6/h12H,9-11H2,1-8H3,(H,17,20)(H,18,19)/t12-/m0/s1. The summed E-state index contributed by atoms with van der Waals surface area (Å²) in [7, 11) is -1.84. The van der Waals surface area contributed by atoms with Gasteiger partial charge in [-0.05, 0) is 38.9 Å². The van der Waals surface area contributed by atoms with Gasteiger partial charge in [-0.2, -0.15) is 0 Å². The zero-order valence-corrected chi connectivity index (χ0v) is 17.2. The van der Waals surface area contributed by atoms with Gasteiger partial charge in [0.25, 0.3) is 0 Å². The first-order chi connectivity index (χ1) is 10.7. The molecule has 0 spiro atoms. The zero-order chi connectivity index (χ0) is 19.2. The SMILES string of the molecule is CC(C)(C)OC(=O)N[C@@H](COCCO[Si](C)(C)C(C)(C)C)C(=O)O. The normalized spacial score (nSPS) is 14.2. The number of hydrogen-bond donors (Lipinski definition) is 2. The fourth-order valence-corrected chi connectivity index (χ4v) is 2.42. The summed E-state index contributed by atoms with van der Waals surface area (Å²) in [6.07, 6.45) is -0.781. The molecule has 0 aromatic carbocycles. The Kier molecular flexibility index (Phi) is 8.41. The van der Waals surface area contributed by atoms with Gasteiger partial charge < -0.3 is 24.3 Å². The minimum atomic E-state index is -1.84. The van der Waals surface area contributed by atoms with Gasteiger partial charge in [-0.3, -0.25) is 0 Å². The van der Waals surface area contributed by atoms with Crippen molar-refractivity contribution < 1.29 is 28.6 Å². The summed E-state index contributed by atoms with van der Waals surface area (Å²) < 4.78 is 16.3. The number of aliphatic carboxylic acids is 1. The Balaban J connectivity index is 4.25. The van der Waals surface area contributed by atoms with E-state index in [0.29, 0.717) is 6.61 Å². The maximum Gasteiger partial charge on any atom is 0.408 e. The summed E-state index contributed by atoms with van der Waals surface area (Å²) in [5, 5.41) is 11.5. The average Bonchev–Trinajstić information content (AvgIpc) is 2.32. The molecule has 0 aromatic heterocycles. The Bertz CT molecular complexity index is 425. The third-order valence-corrected chi connectivity index (χ3v) is 8.31. The number of hydrogen-bond acceptors (Lipinski definition) is 5. The van der Waals surface area contributed by atoms with E-state index in [1.54, 1.807) is 20.8 Å². The topological polar surface area (TPSA) is 94.1 Å². The molecule has 0 aromatic rings. The van der Waals surface area contributed by atoms with Gasteiger partial charge in [-0.1, -0.05) is 20.8 Å². The quantitative estimate of drug-likeness (QED) is 0.508. The van der Waals surface area contributed by atoms with Gasteiger partial charge in [0, 0.05) is 0 Å². The van der Waals surface area contributed by atoms with Crippen molar-refractivity contribution in [3.05, 3.63) is 0 Å². The van der Waals surface area contributed by atoms with Crippen molar-refractivity contribution in [3.8, 4) is 0 Å². The molecular formula is C16H33NO6Si. The second kappa shape index (κ2) is 8.82. The molecule has 0 heterocycles. The third-order valence-electron chi connectivity index (χ3n) is 3.77. The molecule has 1 atom stereocenters. The van der Waals surface area contributed by atoms with Crippen LogP contribution in [0.3, 0.4) is 0 Å². The zero-order valence-electron chi connectivity index (χ0n) is 16.2. The molecule has 0 aliphatic rings. The van der Waals surface area contributed by atoms with Crippen LogP contribution >= 0.6 is 0 Å². The number of alkyl carbamates (subject to hydrolysis) is 1. The largest absolute Gasteiger partial charge is 0.480 e. The molecule has 2 N–H and O–H groups in total. The number of ether oxygens (including phenoxy) is 2. The van der Waals surface area contributed by atoms with Crippen LogP contribution in [-0.2, 0) is 18.7 Å². The molecule has 0 saturated carbocycles. The predicted molar refractivity (Wildman–Crippen MR) is 94.8 cm³/mol. The molecule has 24 heavy (non-hydrogen) atoms. The number of carboxylic acid groups (broad SMARTS) is 1. The molecular weight excluding hydrogens is 330 g/mol. The molecule has 7 nitrogen and oxygen atoms in total. The van der Waals surface area contributed by atoms with Crippen molar-refractivity contribution in [2.75, 3.05) is 19.8 Å². The Morgan fingerprint density at radius 3 is 2.04 bits per heavy atom. The van der Waals surface area contributed by atoms with E-state index >= 15 is 0 Å². The minimum absolute atomic E-state index is 0.106. The van der Waals surface area contributed by atoms with Crippen LogP contribution in [0.5, 0.6) is 0 Å². The second-order valence-corrected chi connectivity index (χ2v) is 13.0. The Labute approximate surface area is 146 Å². The first kappa shape index (κ1) is 22.9. The lowest BCUT2D eigenvalue weighted by Crippen LogP contribution is -2.46. The van der Waals surface area contributed by atoms with E-state index in [1.165, 1.54) is 0 Å². The molecule has 0 aliphatic carbocycles. The molecule has 0 fully saturated rings. The fraction of sp³-hybridized carbons (Fsp3) is 0.875. The maximum atomic E-state index is 11.6. The summed E-state index contributed by atoms with van der Waals surface area (Å²) in [5.74, 6) is -1.17. The van der Waals surface area contributed by atoms with Crippen LogP contribution in [0, 0.1) is 0 Å². The lowest BCUT2D eigenvalue weighted by molar-refractivity contribution is -0.141. The molecule has 0 bridgehead atoms. The highest BCUT2D eigenvalue weighted by Crippen LogP contribution is 2.36. The minimum Gasteiger partial charge on any atom is -0.480 e. The van der Waals surface area contributed by atoms with E-state index in [-0.39, 0.29) is 18.3 Å². The van der Waals surface area contributed by atoms with E-state index in [0.717, 1.165) is 0 Å². The average molecular weight is 364 g/mol. The van der Waals surface area contributed by atoms with Crippen molar-refractivity contribution in [1.29, 1.82) is 0 Å². The highest BCUT2D eigenvalue weighted by atomic mass is 28.4. The van der Waals surface area contributed by atoms with Gasteiger partial charge in [0.2, 0.25) is 0 Å². The first-order valence-electron chi connectivity index (χ1n) is 8.10. The number of carbonyl (C=O) groups excluding carboxylic acids is 1. The van der Waals surface area contributed by atoms with E-state index in [2.05, 4.69) is 39.2 Å². The van der Waals surface area contributed by atoms with Crippen molar-refractivity contribution in [3.63, 3.8) is 0 Å². The van der Waals surface area contributed by atoms with Gasteiger partial charge in [0.05, 0.1) is 19.8 Å². The van der Waals surface area contributed by atoms with Gasteiger partial charge in [-0.25, -0.2) is 9.59 Å². The van der Waals surface area contributed by atoms with Crippen LogP contribution < -0.4 is 5.32 Å². The van der Waals surface area contributed by atoms with Crippen molar-refractivity contribution in [2.24, 2.45) is 0 Å². The summed E-state index contributed by atoms with van der Waals surface area (Å²) >= 11 is 0. The molecule has 0 rings (SSSR count). The molecule has 8 heteroatoms. The monoisotopic (exact) mass is 363 g/mol. The van der Waals surface area contributed by atoms with Crippen LogP contribution in [0.25, 0.3) is 0 Å². The Hall–Kier alpha value is -1.12. The highest BCUT2D eigenvalue weighted by Gasteiger charge is 2.36. The first-order valence-corrected chi connectivity index (χ1v) is 11.0. The smallest absolute Gasteiger partial charge is 0.408 e. The molecule has 0 unspecified atom stereocenters. The van der Waals surface area contributed by atoms with Crippen molar-refractivity contribution in [2.45, 2.75) is 71.3 Å².